The van der Waals surface area contributed by atoms with E-state index in [2.05, 4.69) is 15.1 Å². The molecule has 1 aromatic carbocycles. The van der Waals surface area contributed by atoms with Crippen molar-refractivity contribution in [3.8, 4) is 11.3 Å². The summed E-state index contributed by atoms with van der Waals surface area (Å²) in [6, 6.07) is 8.86. The van der Waals surface area contributed by atoms with Crippen molar-refractivity contribution in [1.82, 2.24) is 10.2 Å². The van der Waals surface area contributed by atoms with Crippen molar-refractivity contribution >= 4 is 11.4 Å². The lowest BCUT2D eigenvalue weighted by Crippen LogP contribution is -2.29. The molecule has 0 bridgehead atoms. The monoisotopic (exact) mass is 284 g/mol. The lowest BCUT2D eigenvalue weighted by molar-refractivity contribution is -0.384. The second-order valence-corrected chi connectivity index (χ2v) is 5.12. The normalized spacial score (nSPS) is 15.0. The molecule has 0 amide bonds. The van der Waals surface area contributed by atoms with Gasteiger partial charge in [-0.25, -0.2) is 0 Å². The van der Waals surface area contributed by atoms with Gasteiger partial charge in [0.05, 0.1) is 10.6 Å². The third-order valence-corrected chi connectivity index (χ3v) is 3.74. The molecule has 0 saturated carbocycles. The first kappa shape index (κ1) is 13.5. The van der Waals surface area contributed by atoms with E-state index in [1.54, 1.807) is 24.4 Å². The number of anilines is 1. The van der Waals surface area contributed by atoms with Crippen LogP contribution in [0, 0.1) is 10.1 Å². The first-order valence-electron chi connectivity index (χ1n) is 7.07. The van der Waals surface area contributed by atoms with Crippen molar-refractivity contribution in [2.24, 2.45) is 0 Å². The van der Waals surface area contributed by atoms with Crippen LogP contribution in [0.15, 0.2) is 36.5 Å². The van der Waals surface area contributed by atoms with Gasteiger partial charge in [-0.2, -0.15) is 10.2 Å². The summed E-state index contributed by atoms with van der Waals surface area (Å²) in [5.74, 6) is 0. The van der Waals surface area contributed by atoms with Crippen molar-refractivity contribution in [1.29, 1.82) is 0 Å². The number of rotatable bonds is 3. The highest BCUT2D eigenvalue weighted by molar-refractivity contribution is 5.72. The maximum Gasteiger partial charge on any atom is 0.293 e. The molecule has 108 valence electrons. The fourth-order valence-corrected chi connectivity index (χ4v) is 2.69. The molecule has 2 heterocycles. The standard InChI is InChI=1S/C15H16N4O2/c20-19(21)15-11-12(13-5-4-8-16-17-13)6-7-14(15)18-9-2-1-3-10-18/h4-8,11H,1-3,9-10H2. The van der Waals surface area contributed by atoms with Gasteiger partial charge in [-0.1, -0.05) is 6.07 Å². The smallest absolute Gasteiger partial charge is 0.293 e. The largest absolute Gasteiger partial charge is 0.366 e. The number of piperidine rings is 1. The maximum absolute atomic E-state index is 11.4. The average molecular weight is 284 g/mol. The summed E-state index contributed by atoms with van der Waals surface area (Å²) in [6.45, 7) is 1.76. The summed E-state index contributed by atoms with van der Waals surface area (Å²) in [7, 11) is 0. The first-order valence-corrected chi connectivity index (χ1v) is 7.07. The van der Waals surface area contributed by atoms with Crippen LogP contribution in [0.2, 0.25) is 0 Å². The SMILES string of the molecule is O=[N+]([O-])c1cc(-c2cccnn2)ccc1N1CCCCC1. The quantitative estimate of drug-likeness (QED) is 0.640. The van der Waals surface area contributed by atoms with E-state index in [-0.39, 0.29) is 10.6 Å². The van der Waals surface area contributed by atoms with Crippen molar-refractivity contribution in [3.63, 3.8) is 0 Å². The molecule has 1 aromatic heterocycles. The number of aromatic nitrogens is 2. The Kier molecular flexibility index (Phi) is 3.77. The lowest BCUT2D eigenvalue weighted by Gasteiger charge is -2.28. The van der Waals surface area contributed by atoms with E-state index >= 15 is 0 Å². The molecule has 21 heavy (non-hydrogen) atoms. The van der Waals surface area contributed by atoms with E-state index in [1.165, 1.54) is 6.42 Å². The van der Waals surface area contributed by atoms with Gasteiger partial charge < -0.3 is 4.90 Å². The predicted octanol–water partition coefficient (Wildman–Crippen LogP) is 3.04. The van der Waals surface area contributed by atoms with E-state index in [0.717, 1.165) is 31.5 Å². The zero-order valence-electron chi connectivity index (χ0n) is 11.6. The highest BCUT2D eigenvalue weighted by atomic mass is 16.6. The van der Waals surface area contributed by atoms with E-state index in [0.29, 0.717) is 11.4 Å². The average Bonchev–Trinajstić information content (AvgIpc) is 2.56. The number of nitro groups is 1. The Morgan fingerprint density at radius 2 is 1.95 bits per heavy atom. The van der Waals surface area contributed by atoms with E-state index in [1.807, 2.05) is 12.1 Å². The summed E-state index contributed by atoms with van der Waals surface area (Å²) in [5.41, 5.74) is 2.20. The highest BCUT2D eigenvalue weighted by Crippen LogP contribution is 2.33. The van der Waals surface area contributed by atoms with Gasteiger partial charge >= 0.3 is 0 Å². The van der Waals surface area contributed by atoms with Crippen LogP contribution in [0.1, 0.15) is 19.3 Å². The summed E-state index contributed by atoms with van der Waals surface area (Å²) < 4.78 is 0. The molecule has 1 saturated heterocycles. The molecule has 1 aliphatic heterocycles. The van der Waals surface area contributed by atoms with Gasteiger partial charge in [-0.3, -0.25) is 10.1 Å². The fourth-order valence-electron chi connectivity index (χ4n) is 2.69. The fraction of sp³-hybridized carbons (Fsp3) is 0.333. The van der Waals surface area contributed by atoms with Crippen LogP contribution in [0.3, 0.4) is 0 Å². The topological polar surface area (TPSA) is 72.2 Å². The minimum atomic E-state index is -0.316. The van der Waals surface area contributed by atoms with Gasteiger partial charge in [-0.05, 0) is 37.5 Å². The Morgan fingerprint density at radius 3 is 2.62 bits per heavy atom. The molecule has 0 aliphatic carbocycles. The number of nitro benzene ring substituents is 1. The molecule has 3 rings (SSSR count). The van der Waals surface area contributed by atoms with Crippen molar-refractivity contribution in [2.45, 2.75) is 19.3 Å². The van der Waals surface area contributed by atoms with E-state index in [9.17, 15) is 10.1 Å². The first-order chi connectivity index (χ1) is 10.3. The molecule has 6 nitrogen and oxygen atoms in total. The second-order valence-electron chi connectivity index (χ2n) is 5.12. The van der Waals surface area contributed by atoms with Gasteiger partial charge in [0.1, 0.15) is 5.69 Å². The molecule has 0 unspecified atom stereocenters. The van der Waals surface area contributed by atoms with Crippen LogP contribution in [-0.4, -0.2) is 28.2 Å². The number of hydrogen-bond donors (Lipinski definition) is 0. The minimum Gasteiger partial charge on any atom is -0.366 e. The Bertz CT molecular complexity index is 639. The zero-order chi connectivity index (χ0) is 14.7. The van der Waals surface area contributed by atoms with E-state index < -0.39 is 0 Å². The molecule has 0 atom stereocenters. The molecule has 6 heteroatoms. The number of nitrogens with zero attached hydrogens (tertiary/aromatic N) is 4. The third-order valence-electron chi connectivity index (χ3n) is 3.74. The van der Waals surface area contributed by atoms with Crippen molar-refractivity contribution in [2.75, 3.05) is 18.0 Å². The Hall–Kier alpha value is -2.50. The van der Waals surface area contributed by atoms with Crippen LogP contribution in [0.25, 0.3) is 11.3 Å². The summed E-state index contributed by atoms with van der Waals surface area (Å²) in [6.07, 6.45) is 4.95. The Balaban J connectivity index is 2.00. The van der Waals surface area contributed by atoms with Gasteiger partial charge in [0, 0.05) is 30.9 Å². The number of benzene rings is 1. The molecular weight excluding hydrogens is 268 g/mol. The van der Waals surface area contributed by atoms with Crippen LogP contribution >= 0.6 is 0 Å². The number of hydrogen-bond acceptors (Lipinski definition) is 5. The third kappa shape index (κ3) is 2.84. The van der Waals surface area contributed by atoms with Gasteiger partial charge in [0.15, 0.2) is 0 Å². The molecule has 1 fully saturated rings. The zero-order valence-corrected chi connectivity index (χ0v) is 11.6. The molecule has 2 aromatic rings. The summed E-state index contributed by atoms with van der Waals surface area (Å²) in [5, 5.41) is 19.2. The van der Waals surface area contributed by atoms with Gasteiger partial charge in [-0.15, -0.1) is 0 Å². The molecule has 1 aliphatic rings. The summed E-state index contributed by atoms with van der Waals surface area (Å²) in [4.78, 5) is 13.2. The van der Waals surface area contributed by atoms with Gasteiger partial charge in [0.25, 0.3) is 5.69 Å². The minimum absolute atomic E-state index is 0.139. The van der Waals surface area contributed by atoms with Gasteiger partial charge in [0.2, 0.25) is 0 Å². The Labute approximate surface area is 122 Å². The van der Waals surface area contributed by atoms with Crippen LogP contribution < -0.4 is 4.90 Å². The molecule has 0 radical (unpaired) electrons. The van der Waals surface area contributed by atoms with Crippen molar-refractivity contribution < 1.29 is 4.92 Å². The lowest BCUT2D eigenvalue weighted by atomic mass is 10.1. The highest BCUT2D eigenvalue weighted by Gasteiger charge is 2.22. The van der Waals surface area contributed by atoms with Crippen LogP contribution in [0.4, 0.5) is 11.4 Å². The molecule has 0 N–H and O–H groups in total. The molecular formula is C15H16N4O2. The van der Waals surface area contributed by atoms with Crippen LogP contribution in [-0.2, 0) is 0 Å². The second kappa shape index (κ2) is 5.87. The predicted molar refractivity (Wildman–Crippen MR) is 80.2 cm³/mol. The maximum atomic E-state index is 11.4. The summed E-state index contributed by atoms with van der Waals surface area (Å²) >= 11 is 0. The van der Waals surface area contributed by atoms with Crippen molar-refractivity contribution in [3.05, 3.63) is 46.6 Å². The Morgan fingerprint density at radius 1 is 1.14 bits per heavy atom. The van der Waals surface area contributed by atoms with Crippen LogP contribution in [0.5, 0.6) is 0 Å². The molecule has 0 spiro atoms. The van der Waals surface area contributed by atoms with E-state index in [4.69, 9.17) is 0 Å².